The summed E-state index contributed by atoms with van der Waals surface area (Å²) < 4.78 is 0. The van der Waals surface area contributed by atoms with Gasteiger partial charge in [-0.2, -0.15) is 0 Å². The van der Waals surface area contributed by atoms with Crippen LogP contribution in [-0.2, 0) is 0 Å². The van der Waals surface area contributed by atoms with Crippen LogP contribution in [0.15, 0.2) is 24.3 Å². The summed E-state index contributed by atoms with van der Waals surface area (Å²) in [5.74, 6) is 0. The zero-order valence-corrected chi connectivity index (χ0v) is 10.6. The zero-order chi connectivity index (χ0) is 11.9. The van der Waals surface area contributed by atoms with E-state index >= 15 is 0 Å². The van der Waals surface area contributed by atoms with Gasteiger partial charge in [0.25, 0.3) is 0 Å². The quantitative estimate of drug-likeness (QED) is 0.785. The van der Waals surface area contributed by atoms with E-state index in [1.807, 2.05) is 37.2 Å². The minimum absolute atomic E-state index is 0.635. The van der Waals surface area contributed by atoms with Crippen molar-refractivity contribution >= 4 is 45.3 Å². The fraction of sp³-hybridized carbons (Fsp3) is 0.167. The molecule has 0 saturated carbocycles. The van der Waals surface area contributed by atoms with Crippen molar-refractivity contribution in [2.24, 2.45) is 0 Å². The first kappa shape index (κ1) is 11.4. The first-order valence-electron chi connectivity index (χ1n) is 4.84. The van der Waals surface area contributed by atoms with Crippen molar-refractivity contribution in [1.29, 1.82) is 0 Å². The van der Waals surface area contributed by atoms with Gasteiger partial charge < -0.3 is 10.6 Å². The molecule has 84 valence electrons. The Bertz CT molecular complexity index is 550. The van der Waals surface area contributed by atoms with Crippen LogP contribution in [-0.4, -0.2) is 14.1 Å². The van der Waals surface area contributed by atoms with E-state index in [1.165, 1.54) is 0 Å². The van der Waals surface area contributed by atoms with Crippen LogP contribution in [0.4, 0.5) is 11.4 Å². The molecule has 0 saturated heterocycles. The van der Waals surface area contributed by atoms with E-state index in [2.05, 4.69) is 0 Å². The molecule has 4 heteroatoms. The number of fused-ring (bicyclic) bond motifs is 1. The fourth-order valence-electron chi connectivity index (χ4n) is 1.77. The van der Waals surface area contributed by atoms with Gasteiger partial charge in [0.15, 0.2) is 0 Å². The smallest absolute Gasteiger partial charge is 0.0456 e. The lowest BCUT2D eigenvalue weighted by Crippen LogP contribution is -2.09. The maximum atomic E-state index is 6.06. The maximum Gasteiger partial charge on any atom is 0.0456 e. The Morgan fingerprint density at radius 3 is 2.12 bits per heavy atom. The largest absolute Gasteiger partial charge is 0.398 e. The summed E-state index contributed by atoms with van der Waals surface area (Å²) in [6.07, 6.45) is 0. The molecular weight excluding hydrogens is 243 g/mol. The molecule has 0 aliphatic heterocycles. The molecule has 0 fully saturated rings. The highest BCUT2D eigenvalue weighted by Gasteiger charge is 2.08. The van der Waals surface area contributed by atoms with Gasteiger partial charge in [-0.05, 0) is 24.3 Å². The molecule has 0 aliphatic carbocycles. The molecular formula is C12H12Cl2N2. The number of anilines is 2. The van der Waals surface area contributed by atoms with Gasteiger partial charge in [0, 0.05) is 46.3 Å². The molecule has 2 rings (SSSR count). The van der Waals surface area contributed by atoms with Crippen molar-refractivity contribution in [1.82, 2.24) is 0 Å². The van der Waals surface area contributed by atoms with Gasteiger partial charge in [0.1, 0.15) is 0 Å². The van der Waals surface area contributed by atoms with Gasteiger partial charge in [-0.3, -0.25) is 0 Å². The van der Waals surface area contributed by atoms with Crippen LogP contribution in [0.5, 0.6) is 0 Å². The molecule has 0 aromatic heterocycles. The average Bonchev–Trinajstić information content (AvgIpc) is 2.18. The number of hydrogen-bond donors (Lipinski definition) is 1. The van der Waals surface area contributed by atoms with Crippen LogP contribution < -0.4 is 10.6 Å². The Morgan fingerprint density at radius 2 is 1.50 bits per heavy atom. The van der Waals surface area contributed by atoms with Crippen molar-refractivity contribution in [2.75, 3.05) is 24.7 Å². The van der Waals surface area contributed by atoms with Gasteiger partial charge >= 0.3 is 0 Å². The van der Waals surface area contributed by atoms with Crippen molar-refractivity contribution < 1.29 is 0 Å². The van der Waals surface area contributed by atoms with Crippen LogP contribution in [0.2, 0.25) is 10.0 Å². The molecule has 2 N–H and O–H groups in total. The van der Waals surface area contributed by atoms with Crippen molar-refractivity contribution in [3.63, 3.8) is 0 Å². The highest BCUT2D eigenvalue weighted by atomic mass is 35.5. The number of nitrogens with zero attached hydrogens (tertiary/aromatic N) is 1. The average molecular weight is 255 g/mol. The van der Waals surface area contributed by atoms with Crippen molar-refractivity contribution in [2.45, 2.75) is 0 Å². The Morgan fingerprint density at radius 1 is 0.938 bits per heavy atom. The summed E-state index contributed by atoms with van der Waals surface area (Å²) in [6, 6.07) is 7.40. The second-order valence-corrected chi connectivity index (χ2v) is 4.78. The van der Waals surface area contributed by atoms with Crippen LogP contribution in [0, 0.1) is 0 Å². The molecule has 2 nitrogen and oxygen atoms in total. The third-order valence-electron chi connectivity index (χ3n) is 2.49. The molecule has 0 amide bonds. The molecule has 0 bridgehead atoms. The van der Waals surface area contributed by atoms with Crippen LogP contribution in [0.1, 0.15) is 0 Å². The first-order valence-corrected chi connectivity index (χ1v) is 5.60. The van der Waals surface area contributed by atoms with Gasteiger partial charge in [-0.1, -0.05) is 23.2 Å². The van der Waals surface area contributed by atoms with Crippen LogP contribution >= 0.6 is 23.2 Å². The highest BCUT2D eigenvalue weighted by molar-refractivity contribution is 6.34. The molecule has 0 atom stereocenters. The van der Waals surface area contributed by atoms with E-state index in [0.717, 1.165) is 16.5 Å². The molecule has 16 heavy (non-hydrogen) atoms. The fourth-order valence-corrected chi connectivity index (χ4v) is 2.21. The topological polar surface area (TPSA) is 29.3 Å². The lowest BCUT2D eigenvalue weighted by molar-refractivity contribution is 1.14. The molecule has 2 aromatic rings. The van der Waals surface area contributed by atoms with E-state index in [1.54, 1.807) is 6.07 Å². The Kier molecular flexibility index (Phi) is 2.87. The molecule has 2 aromatic carbocycles. The number of nitrogens with two attached hydrogens (primary N) is 1. The van der Waals surface area contributed by atoms with E-state index in [9.17, 15) is 0 Å². The Balaban J connectivity index is 2.89. The zero-order valence-electron chi connectivity index (χ0n) is 9.09. The Labute approximate surface area is 105 Å². The van der Waals surface area contributed by atoms with Gasteiger partial charge in [0.05, 0.1) is 0 Å². The van der Waals surface area contributed by atoms with E-state index in [0.29, 0.717) is 15.7 Å². The molecule has 0 radical (unpaired) electrons. The van der Waals surface area contributed by atoms with E-state index < -0.39 is 0 Å². The number of hydrogen-bond acceptors (Lipinski definition) is 2. The summed E-state index contributed by atoms with van der Waals surface area (Å²) >= 11 is 12.1. The molecule has 0 unspecified atom stereocenters. The molecule has 0 heterocycles. The standard InChI is InChI=1S/C12H12Cl2N2/c1-16(2)12-6-8(14)3-9-10(12)4-7(13)5-11(9)15/h3-6H,15H2,1-2H3. The lowest BCUT2D eigenvalue weighted by atomic mass is 10.1. The van der Waals surface area contributed by atoms with Gasteiger partial charge in [0.2, 0.25) is 0 Å². The summed E-state index contributed by atoms with van der Waals surface area (Å²) in [4.78, 5) is 1.99. The number of benzene rings is 2. The van der Waals surface area contributed by atoms with Crippen molar-refractivity contribution in [3.8, 4) is 0 Å². The predicted octanol–water partition coefficient (Wildman–Crippen LogP) is 3.79. The number of halogens is 2. The minimum Gasteiger partial charge on any atom is -0.398 e. The first-order chi connectivity index (χ1) is 7.49. The van der Waals surface area contributed by atoms with E-state index in [-0.39, 0.29) is 0 Å². The third-order valence-corrected chi connectivity index (χ3v) is 2.93. The second kappa shape index (κ2) is 4.04. The Hall–Kier alpha value is -1.12. The van der Waals surface area contributed by atoms with E-state index in [4.69, 9.17) is 28.9 Å². The second-order valence-electron chi connectivity index (χ2n) is 3.91. The monoisotopic (exact) mass is 254 g/mol. The maximum absolute atomic E-state index is 6.06. The summed E-state index contributed by atoms with van der Waals surface area (Å²) in [6.45, 7) is 0. The summed E-state index contributed by atoms with van der Waals surface area (Å²) in [5, 5.41) is 3.25. The molecule has 0 aliphatic rings. The summed E-state index contributed by atoms with van der Waals surface area (Å²) in [7, 11) is 3.92. The van der Waals surface area contributed by atoms with Gasteiger partial charge in [-0.25, -0.2) is 0 Å². The van der Waals surface area contributed by atoms with Crippen molar-refractivity contribution in [3.05, 3.63) is 34.3 Å². The highest BCUT2D eigenvalue weighted by Crippen LogP contribution is 2.35. The van der Waals surface area contributed by atoms with Crippen LogP contribution in [0.25, 0.3) is 10.8 Å². The minimum atomic E-state index is 0.635. The predicted molar refractivity (Wildman–Crippen MR) is 72.7 cm³/mol. The SMILES string of the molecule is CN(C)c1cc(Cl)cc2c(N)cc(Cl)cc12. The third kappa shape index (κ3) is 1.91. The molecule has 0 spiro atoms. The normalized spacial score (nSPS) is 10.8. The van der Waals surface area contributed by atoms with Gasteiger partial charge in [-0.15, -0.1) is 0 Å². The number of rotatable bonds is 1. The lowest BCUT2D eigenvalue weighted by Gasteiger charge is -2.17. The summed E-state index contributed by atoms with van der Waals surface area (Å²) in [5.41, 5.74) is 7.59. The number of nitrogen functional groups attached to an aromatic ring is 1. The van der Waals surface area contributed by atoms with Crippen LogP contribution in [0.3, 0.4) is 0 Å².